The second kappa shape index (κ2) is 5.29. The summed E-state index contributed by atoms with van der Waals surface area (Å²) in [5.41, 5.74) is 7.42. The highest BCUT2D eigenvalue weighted by molar-refractivity contribution is 5.79. The fourth-order valence-corrected chi connectivity index (χ4v) is 1.50. The monoisotopic (exact) mass is 210 g/mol. The van der Waals surface area contributed by atoms with Crippen LogP contribution < -0.4 is 5.73 Å². The molecule has 2 rings (SSSR count). The van der Waals surface area contributed by atoms with E-state index in [4.69, 9.17) is 5.73 Å². The van der Waals surface area contributed by atoms with Crippen LogP contribution in [-0.4, -0.2) is 11.5 Å². The van der Waals surface area contributed by atoms with Crippen LogP contribution >= 0.6 is 0 Å². The number of aromatic nitrogens is 1. The van der Waals surface area contributed by atoms with E-state index in [0.29, 0.717) is 6.54 Å². The van der Waals surface area contributed by atoms with E-state index in [-0.39, 0.29) is 0 Å². The van der Waals surface area contributed by atoms with Gasteiger partial charge in [0.15, 0.2) is 0 Å². The fourth-order valence-electron chi connectivity index (χ4n) is 1.50. The Kier molecular flexibility index (Phi) is 3.53. The highest BCUT2D eigenvalue weighted by atomic mass is 14.6. The number of hydrogen-bond donors (Lipinski definition) is 1. The van der Waals surface area contributed by atoms with Crippen molar-refractivity contribution in [2.75, 3.05) is 6.54 Å². The van der Waals surface area contributed by atoms with Gasteiger partial charge < -0.3 is 5.73 Å². The molecule has 2 aromatic rings. The summed E-state index contributed by atoms with van der Waals surface area (Å²) in [6, 6.07) is 10.1. The molecule has 2 N–H and O–H groups in total. The Hall–Kier alpha value is -1.85. The number of unbranched alkanes of at least 4 members (excludes halogenated alkanes) is 1. The Labute approximate surface area is 95.5 Å². The predicted molar refractivity (Wildman–Crippen MR) is 66.9 cm³/mol. The van der Waals surface area contributed by atoms with Gasteiger partial charge in [-0.15, -0.1) is 0 Å². The zero-order chi connectivity index (χ0) is 11.2. The van der Waals surface area contributed by atoms with Crippen LogP contribution in [0.1, 0.15) is 18.4 Å². The molecule has 2 nitrogen and oxygen atoms in total. The predicted octanol–water partition coefficient (Wildman–Crippen LogP) is 2.33. The van der Waals surface area contributed by atoms with Crippen LogP contribution in [0.3, 0.4) is 0 Å². The van der Waals surface area contributed by atoms with Crippen molar-refractivity contribution in [3.8, 4) is 11.8 Å². The maximum atomic E-state index is 5.40. The average Bonchev–Trinajstić information content (AvgIpc) is 2.34. The summed E-state index contributed by atoms with van der Waals surface area (Å²) in [6.45, 7) is 0.702. The number of fused-ring (bicyclic) bond motifs is 1. The van der Waals surface area contributed by atoms with Crippen LogP contribution in [0.4, 0.5) is 0 Å². The maximum Gasteiger partial charge on any atom is 0.0714 e. The number of rotatable bonds is 2. The molecule has 0 bridgehead atoms. The largest absolute Gasteiger partial charge is 0.330 e. The summed E-state index contributed by atoms with van der Waals surface area (Å²) in [6.07, 6.45) is 3.61. The Balaban J connectivity index is 2.21. The lowest BCUT2D eigenvalue weighted by Gasteiger charge is -1.96. The van der Waals surface area contributed by atoms with E-state index >= 15 is 0 Å². The van der Waals surface area contributed by atoms with E-state index in [9.17, 15) is 0 Å². The SMILES string of the molecule is NCCCC#Cc1ccc2cccnc2c1. The minimum absolute atomic E-state index is 0.702. The van der Waals surface area contributed by atoms with E-state index < -0.39 is 0 Å². The molecule has 0 unspecified atom stereocenters. The lowest BCUT2D eigenvalue weighted by molar-refractivity contribution is 0.870. The van der Waals surface area contributed by atoms with Gasteiger partial charge in [-0.2, -0.15) is 0 Å². The second-order valence-electron chi connectivity index (χ2n) is 3.60. The van der Waals surface area contributed by atoms with Gasteiger partial charge in [0.05, 0.1) is 5.52 Å². The molecule has 16 heavy (non-hydrogen) atoms. The summed E-state index contributed by atoms with van der Waals surface area (Å²) < 4.78 is 0. The molecular formula is C14H14N2. The molecule has 80 valence electrons. The van der Waals surface area contributed by atoms with Gasteiger partial charge >= 0.3 is 0 Å². The number of pyridine rings is 1. The fraction of sp³-hybridized carbons (Fsp3) is 0.214. The van der Waals surface area contributed by atoms with Crippen LogP contribution in [0.15, 0.2) is 36.5 Å². The van der Waals surface area contributed by atoms with Crippen molar-refractivity contribution in [2.45, 2.75) is 12.8 Å². The van der Waals surface area contributed by atoms with Gasteiger partial charge in [-0.3, -0.25) is 4.98 Å². The van der Waals surface area contributed by atoms with Gasteiger partial charge in [0.25, 0.3) is 0 Å². The molecule has 0 amide bonds. The van der Waals surface area contributed by atoms with E-state index in [0.717, 1.165) is 29.3 Å². The van der Waals surface area contributed by atoms with Crippen LogP contribution in [0.25, 0.3) is 10.9 Å². The van der Waals surface area contributed by atoms with Gasteiger partial charge in [-0.25, -0.2) is 0 Å². The standard InChI is InChI=1S/C14H14N2/c15-9-3-1-2-5-12-7-8-13-6-4-10-16-14(13)11-12/h4,6-8,10-11H,1,3,9,15H2. The second-order valence-corrected chi connectivity index (χ2v) is 3.60. The van der Waals surface area contributed by atoms with E-state index in [2.05, 4.69) is 22.9 Å². The van der Waals surface area contributed by atoms with E-state index in [1.54, 1.807) is 6.20 Å². The Morgan fingerprint density at radius 1 is 1.25 bits per heavy atom. The highest BCUT2D eigenvalue weighted by Gasteiger charge is 1.93. The van der Waals surface area contributed by atoms with Crippen molar-refractivity contribution >= 4 is 10.9 Å². The van der Waals surface area contributed by atoms with Gasteiger partial charge in [0, 0.05) is 23.6 Å². The first kappa shape index (κ1) is 10.7. The number of nitrogens with zero attached hydrogens (tertiary/aromatic N) is 1. The van der Waals surface area contributed by atoms with Crippen LogP contribution in [0.2, 0.25) is 0 Å². The minimum atomic E-state index is 0.702. The average molecular weight is 210 g/mol. The molecule has 0 fully saturated rings. The zero-order valence-corrected chi connectivity index (χ0v) is 9.11. The molecule has 0 saturated heterocycles. The van der Waals surface area contributed by atoms with E-state index in [1.807, 2.05) is 24.3 Å². The molecule has 0 radical (unpaired) electrons. The van der Waals surface area contributed by atoms with Gasteiger partial charge in [-0.1, -0.05) is 24.0 Å². The number of hydrogen-bond acceptors (Lipinski definition) is 2. The molecule has 0 saturated carbocycles. The molecule has 2 heteroatoms. The van der Waals surface area contributed by atoms with E-state index in [1.165, 1.54) is 0 Å². The van der Waals surface area contributed by atoms with Gasteiger partial charge in [-0.05, 0) is 31.2 Å². The minimum Gasteiger partial charge on any atom is -0.330 e. The Bertz CT molecular complexity index is 535. The van der Waals surface area contributed by atoms with Crippen LogP contribution in [0.5, 0.6) is 0 Å². The molecule has 0 spiro atoms. The highest BCUT2D eigenvalue weighted by Crippen LogP contribution is 2.12. The van der Waals surface area contributed by atoms with Crippen LogP contribution in [0, 0.1) is 11.8 Å². The van der Waals surface area contributed by atoms with Gasteiger partial charge in [0.1, 0.15) is 0 Å². The lowest BCUT2D eigenvalue weighted by Crippen LogP contribution is -1.96. The van der Waals surface area contributed by atoms with Crippen molar-refractivity contribution in [2.24, 2.45) is 5.73 Å². The van der Waals surface area contributed by atoms with Crippen molar-refractivity contribution < 1.29 is 0 Å². The maximum absolute atomic E-state index is 5.40. The third kappa shape index (κ3) is 2.59. The first-order valence-corrected chi connectivity index (χ1v) is 5.44. The third-order valence-corrected chi connectivity index (χ3v) is 2.34. The summed E-state index contributed by atoms with van der Waals surface area (Å²) in [4.78, 5) is 4.30. The van der Waals surface area contributed by atoms with Crippen molar-refractivity contribution in [3.05, 3.63) is 42.1 Å². The molecule has 1 heterocycles. The first-order chi connectivity index (χ1) is 7.90. The van der Waals surface area contributed by atoms with Crippen molar-refractivity contribution in [1.29, 1.82) is 0 Å². The van der Waals surface area contributed by atoms with Crippen LogP contribution in [-0.2, 0) is 0 Å². The first-order valence-electron chi connectivity index (χ1n) is 5.44. The van der Waals surface area contributed by atoms with Crippen molar-refractivity contribution in [3.63, 3.8) is 0 Å². The lowest BCUT2D eigenvalue weighted by atomic mass is 10.1. The Morgan fingerprint density at radius 3 is 3.06 bits per heavy atom. The summed E-state index contributed by atoms with van der Waals surface area (Å²) in [7, 11) is 0. The molecular weight excluding hydrogens is 196 g/mol. The van der Waals surface area contributed by atoms with Gasteiger partial charge in [0.2, 0.25) is 0 Å². The number of benzene rings is 1. The van der Waals surface area contributed by atoms with Crippen molar-refractivity contribution in [1.82, 2.24) is 4.98 Å². The molecule has 0 aliphatic carbocycles. The molecule has 1 aromatic heterocycles. The normalized spacial score (nSPS) is 9.81. The summed E-state index contributed by atoms with van der Waals surface area (Å²) >= 11 is 0. The summed E-state index contributed by atoms with van der Waals surface area (Å²) in [5.74, 6) is 6.24. The number of nitrogens with two attached hydrogens (primary N) is 1. The third-order valence-electron chi connectivity index (χ3n) is 2.34. The molecule has 0 atom stereocenters. The molecule has 0 aliphatic heterocycles. The topological polar surface area (TPSA) is 38.9 Å². The summed E-state index contributed by atoms with van der Waals surface area (Å²) in [5, 5.41) is 1.15. The molecule has 0 aliphatic rings. The Morgan fingerprint density at radius 2 is 2.19 bits per heavy atom. The zero-order valence-electron chi connectivity index (χ0n) is 9.11. The quantitative estimate of drug-likeness (QED) is 0.610. The molecule has 1 aromatic carbocycles. The smallest absolute Gasteiger partial charge is 0.0714 e.